The van der Waals surface area contributed by atoms with E-state index in [1.807, 2.05) is 6.92 Å². The van der Waals surface area contributed by atoms with Crippen molar-refractivity contribution in [2.24, 2.45) is 5.73 Å². The van der Waals surface area contributed by atoms with Crippen LogP contribution >= 0.6 is 0 Å². The minimum absolute atomic E-state index is 0.0729. The van der Waals surface area contributed by atoms with Crippen molar-refractivity contribution in [3.63, 3.8) is 0 Å². The third-order valence-corrected chi connectivity index (χ3v) is 2.52. The van der Waals surface area contributed by atoms with Crippen LogP contribution in [-0.2, 0) is 22.5 Å². The summed E-state index contributed by atoms with van der Waals surface area (Å²) in [5, 5.41) is 10.3. The van der Waals surface area contributed by atoms with Gasteiger partial charge in [0.25, 0.3) is 0 Å². The van der Waals surface area contributed by atoms with Gasteiger partial charge < -0.3 is 15.8 Å². The second-order valence-electron chi connectivity index (χ2n) is 3.84. The Kier molecular flexibility index (Phi) is 5.94. The lowest BCUT2D eigenvalue weighted by Gasteiger charge is -2.06. The molecule has 0 aromatic carbocycles. The number of esters is 1. The van der Waals surface area contributed by atoms with E-state index in [9.17, 15) is 9.59 Å². The molecule has 0 fully saturated rings. The fourth-order valence-electron chi connectivity index (χ4n) is 1.64. The summed E-state index contributed by atoms with van der Waals surface area (Å²) in [5.41, 5.74) is 6.25. The normalized spacial score (nSPS) is 10.3. The first-order chi connectivity index (χ1) is 9.13. The van der Waals surface area contributed by atoms with Gasteiger partial charge >= 0.3 is 5.97 Å². The van der Waals surface area contributed by atoms with E-state index in [1.54, 1.807) is 0 Å². The van der Waals surface area contributed by atoms with Crippen LogP contribution in [0.4, 0.5) is 0 Å². The molecule has 1 aromatic rings. The lowest BCUT2D eigenvalue weighted by atomic mass is 10.2. The third kappa shape index (κ3) is 4.02. The van der Waals surface area contributed by atoms with E-state index >= 15 is 0 Å². The molecule has 1 aromatic heterocycles. The van der Waals surface area contributed by atoms with Crippen LogP contribution in [0.3, 0.4) is 0 Å². The Balaban J connectivity index is 2.80. The number of aryl methyl sites for hydroxylation is 1. The molecular weight excluding hydrogens is 250 g/mol. The number of ether oxygens (including phenoxy) is 1. The monoisotopic (exact) mass is 269 g/mol. The highest BCUT2D eigenvalue weighted by atomic mass is 16.5. The van der Waals surface area contributed by atoms with Gasteiger partial charge in [0.1, 0.15) is 0 Å². The van der Waals surface area contributed by atoms with Crippen molar-refractivity contribution < 1.29 is 14.3 Å². The summed E-state index contributed by atoms with van der Waals surface area (Å²) >= 11 is 0. The van der Waals surface area contributed by atoms with Gasteiger partial charge in [0.15, 0.2) is 5.69 Å². The van der Waals surface area contributed by atoms with Gasteiger partial charge in [-0.1, -0.05) is 5.21 Å². The zero-order chi connectivity index (χ0) is 14.3. The molecule has 0 aliphatic heterocycles. The Morgan fingerprint density at radius 1 is 1.47 bits per heavy atom. The van der Waals surface area contributed by atoms with Crippen LogP contribution in [0.1, 0.15) is 29.5 Å². The largest absolute Gasteiger partial charge is 0.464 e. The number of carbonyl (C=O) groups is 2. The molecule has 1 heterocycles. The first kappa shape index (κ1) is 15.1. The molecule has 0 unspecified atom stereocenters. The predicted octanol–water partition coefficient (Wildman–Crippen LogP) is -0.908. The van der Waals surface area contributed by atoms with Crippen LogP contribution in [0.5, 0.6) is 0 Å². The van der Waals surface area contributed by atoms with Crippen molar-refractivity contribution in [1.82, 2.24) is 20.3 Å². The molecule has 0 bridgehead atoms. The Labute approximate surface area is 111 Å². The van der Waals surface area contributed by atoms with Crippen molar-refractivity contribution in [2.45, 2.75) is 26.3 Å². The number of rotatable bonds is 7. The molecule has 0 spiro atoms. The fraction of sp³-hybridized carbons (Fsp3) is 0.636. The predicted molar refractivity (Wildman–Crippen MR) is 67.4 cm³/mol. The number of hydrogen-bond acceptors (Lipinski definition) is 6. The SMILES string of the molecule is CCNC(=O)CCn1nnc(C(=O)OC)c1CCN. The Morgan fingerprint density at radius 2 is 2.21 bits per heavy atom. The topological polar surface area (TPSA) is 112 Å². The van der Waals surface area contributed by atoms with E-state index in [0.717, 1.165) is 0 Å². The number of amides is 1. The summed E-state index contributed by atoms with van der Waals surface area (Å²) < 4.78 is 6.15. The molecule has 0 radical (unpaired) electrons. The highest BCUT2D eigenvalue weighted by Gasteiger charge is 2.19. The van der Waals surface area contributed by atoms with E-state index in [1.165, 1.54) is 11.8 Å². The molecule has 1 rings (SSSR count). The smallest absolute Gasteiger partial charge is 0.360 e. The zero-order valence-electron chi connectivity index (χ0n) is 11.2. The van der Waals surface area contributed by atoms with Gasteiger partial charge in [0.2, 0.25) is 5.91 Å². The van der Waals surface area contributed by atoms with Crippen molar-refractivity contribution in [3.05, 3.63) is 11.4 Å². The van der Waals surface area contributed by atoms with Gasteiger partial charge in [0, 0.05) is 19.4 Å². The summed E-state index contributed by atoms with van der Waals surface area (Å²) in [4.78, 5) is 22.9. The first-order valence-corrected chi connectivity index (χ1v) is 6.11. The Bertz CT molecular complexity index is 444. The summed E-state index contributed by atoms with van der Waals surface area (Å²) in [5.74, 6) is -0.621. The van der Waals surface area contributed by atoms with E-state index in [-0.39, 0.29) is 18.0 Å². The minimum Gasteiger partial charge on any atom is -0.464 e. The number of nitrogens with zero attached hydrogens (tertiary/aromatic N) is 3. The molecule has 0 atom stereocenters. The highest BCUT2D eigenvalue weighted by molar-refractivity contribution is 5.88. The van der Waals surface area contributed by atoms with Gasteiger partial charge in [-0.3, -0.25) is 4.79 Å². The quantitative estimate of drug-likeness (QED) is 0.620. The third-order valence-electron chi connectivity index (χ3n) is 2.52. The molecule has 0 aliphatic rings. The average molecular weight is 269 g/mol. The first-order valence-electron chi connectivity index (χ1n) is 6.11. The van der Waals surface area contributed by atoms with Gasteiger partial charge in [-0.25, -0.2) is 9.48 Å². The Hall–Kier alpha value is -1.96. The van der Waals surface area contributed by atoms with Crippen LogP contribution in [0.15, 0.2) is 0 Å². The molecule has 19 heavy (non-hydrogen) atoms. The van der Waals surface area contributed by atoms with Crippen molar-refractivity contribution >= 4 is 11.9 Å². The summed E-state index contributed by atoms with van der Waals surface area (Å²) in [6.45, 7) is 3.14. The molecule has 1 amide bonds. The van der Waals surface area contributed by atoms with Crippen LogP contribution in [0, 0.1) is 0 Å². The molecule has 0 saturated carbocycles. The van der Waals surface area contributed by atoms with Gasteiger partial charge in [0.05, 0.1) is 19.3 Å². The molecule has 0 saturated heterocycles. The number of aromatic nitrogens is 3. The number of methoxy groups -OCH3 is 1. The lowest BCUT2D eigenvalue weighted by Crippen LogP contribution is -2.24. The summed E-state index contributed by atoms with van der Waals surface area (Å²) in [6.07, 6.45) is 0.724. The zero-order valence-corrected chi connectivity index (χ0v) is 11.2. The van der Waals surface area contributed by atoms with Gasteiger partial charge in [-0.2, -0.15) is 0 Å². The lowest BCUT2D eigenvalue weighted by molar-refractivity contribution is -0.121. The molecule has 8 heteroatoms. The van der Waals surface area contributed by atoms with Crippen molar-refractivity contribution in [2.75, 3.05) is 20.2 Å². The van der Waals surface area contributed by atoms with Crippen LogP contribution in [0.2, 0.25) is 0 Å². The van der Waals surface area contributed by atoms with Crippen molar-refractivity contribution in [1.29, 1.82) is 0 Å². The molecule has 8 nitrogen and oxygen atoms in total. The number of hydrogen-bond donors (Lipinski definition) is 2. The van der Waals surface area contributed by atoms with E-state index < -0.39 is 5.97 Å². The maximum atomic E-state index is 11.5. The van der Waals surface area contributed by atoms with Gasteiger partial charge in [-0.15, -0.1) is 5.10 Å². The van der Waals surface area contributed by atoms with Crippen LogP contribution < -0.4 is 11.1 Å². The van der Waals surface area contributed by atoms with Crippen LogP contribution in [-0.4, -0.2) is 47.1 Å². The Morgan fingerprint density at radius 3 is 2.79 bits per heavy atom. The van der Waals surface area contributed by atoms with Gasteiger partial charge in [-0.05, 0) is 13.5 Å². The number of carbonyl (C=O) groups excluding carboxylic acids is 2. The second kappa shape index (κ2) is 7.47. The maximum Gasteiger partial charge on any atom is 0.360 e. The van der Waals surface area contributed by atoms with E-state index in [2.05, 4.69) is 20.4 Å². The van der Waals surface area contributed by atoms with E-state index in [4.69, 9.17) is 5.73 Å². The number of nitrogens with two attached hydrogens (primary N) is 1. The maximum absolute atomic E-state index is 11.5. The highest BCUT2D eigenvalue weighted by Crippen LogP contribution is 2.08. The van der Waals surface area contributed by atoms with Crippen LogP contribution in [0.25, 0.3) is 0 Å². The molecule has 3 N–H and O–H groups in total. The molecular formula is C11H19N5O3. The second-order valence-corrected chi connectivity index (χ2v) is 3.84. The molecule has 0 aliphatic carbocycles. The van der Waals surface area contributed by atoms with Crippen molar-refractivity contribution in [3.8, 4) is 0 Å². The fourth-order valence-corrected chi connectivity index (χ4v) is 1.64. The summed E-state index contributed by atoms with van der Waals surface area (Å²) in [6, 6.07) is 0. The molecule has 106 valence electrons. The minimum atomic E-state index is -0.548. The average Bonchev–Trinajstić information content (AvgIpc) is 2.79. The standard InChI is InChI=1S/C11H19N5O3/c1-3-13-9(17)5-7-16-8(4-6-12)10(14-15-16)11(18)19-2/h3-7,12H2,1-2H3,(H,13,17). The van der Waals surface area contributed by atoms with E-state index in [0.29, 0.717) is 31.7 Å². The number of nitrogens with one attached hydrogen (secondary N) is 1. The summed E-state index contributed by atoms with van der Waals surface area (Å²) in [7, 11) is 1.28.